The van der Waals surface area contributed by atoms with Crippen molar-refractivity contribution in [3.8, 4) is 5.75 Å². The maximum absolute atomic E-state index is 12.9. The molecule has 0 saturated heterocycles. The average molecular weight is 398 g/mol. The van der Waals surface area contributed by atoms with Gasteiger partial charge in [-0.15, -0.1) is 0 Å². The van der Waals surface area contributed by atoms with E-state index < -0.39 is 15.6 Å². The summed E-state index contributed by atoms with van der Waals surface area (Å²) in [7, 11) is -2.05. The lowest BCUT2D eigenvalue weighted by Gasteiger charge is -2.42. The zero-order valence-corrected chi connectivity index (χ0v) is 17.8. The van der Waals surface area contributed by atoms with Gasteiger partial charge in [-0.25, -0.2) is 8.42 Å². The second-order valence-corrected chi connectivity index (χ2v) is 9.88. The quantitative estimate of drug-likeness (QED) is 0.495. The highest BCUT2D eigenvalue weighted by atomic mass is 32.2. The summed E-state index contributed by atoms with van der Waals surface area (Å²) in [5.41, 5.74) is 1.53. The smallest absolute Gasteiger partial charge is 0.305 e. The van der Waals surface area contributed by atoms with Gasteiger partial charge in [0.2, 0.25) is 10.0 Å². The number of hydrogen-bond acceptors (Lipinski definition) is 5. The van der Waals surface area contributed by atoms with Crippen LogP contribution in [0.15, 0.2) is 18.2 Å². The number of hydrogen-bond donors (Lipinski definition) is 0. The lowest BCUT2D eigenvalue weighted by atomic mass is 9.89. The molecule has 1 aliphatic heterocycles. The van der Waals surface area contributed by atoms with Gasteiger partial charge in [-0.3, -0.25) is 4.79 Å². The number of rotatable bonds is 8. The van der Waals surface area contributed by atoms with E-state index in [0.717, 1.165) is 16.9 Å². The van der Waals surface area contributed by atoms with Crippen LogP contribution in [0.25, 0.3) is 0 Å². The molecular weight excluding hydrogens is 366 g/mol. The Balaban J connectivity index is 2.31. The van der Waals surface area contributed by atoms with E-state index >= 15 is 0 Å². The minimum Gasteiger partial charge on any atom is -0.487 e. The number of benzene rings is 1. The van der Waals surface area contributed by atoms with Crippen LogP contribution in [0.4, 0.5) is 0 Å². The van der Waals surface area contributed by atoms with Crippen LogP contribution in [0.3, 0.4) is 0 Å². The number of aryl methyl sites for hydroxylation is 1. The van der Waals surface area contributed by atoms with Crippen molar-refractivity contribution in [3.63, 3.8) is 0 Å². The number of sulfonamides is 1. The first-order valence-corrected chi connectivity index (χ1v) is 11.1. The Hall–Kier alpha value is -1.60. The molecule has 0 saturated carbocycles. The Morgan fingerprint density at radius 2 is 2.04 bits per heavy atom. The van der Waals surface area contributed by atoms with Gasteiger partial charge < -0.3 is 9.47 Å². The molecule has 1 heterocycles. The van der Waals surface area contributed by atoms with Crippen LogP contribution < -0.4 is 4.74 Å². The van der Waals surface area contributed by atoms with Gasteiger partial charge in [0.15, 0.2) is 0 Å². The van der Waals surface area contributed by atoms with Gasteiger partial charge in [0, 0.05) is 24.9 Å². The maximum atomic E-state index is 12.9. The molecule has 2 rings (SSSR count). The largest absolute Gasteiger partial charge is 0.487 e. The van der Waals surface area contributed by atoms with Crippen molar-refractivity contribution >= 4 is 16.0 Å². The monoisotopic (exact) mass is 397 g/mol. The standard InChI is InChI=1S/C20H31NO5S/c1-6-27(23,24)21(12-8-7-9-19(22)25-5)17-14-20(3,4)26-18-11-10-15(2)13-16(17)18/h10-11,13,17H,6-9,12,14H2,1-5H3. The summed E-state index contributed by atoms with van der Waals surface area (Å²) in [6, 6.07) is 5.65. The second-order valence-electron chi connectivity index (χ2n) is 7.67. The van der Waals surface area contributed by atoms with Crippen molar-refractivity contribution in [2.24, 2.45) is 0 Å². The number of fused-ring (bicyclic) bond motifs is 1. The second kappa shape index (κ2) is 8.61. The van der Waals surface area contributed by atoms with E-state index in [4.69, 9.17) is 4.74 Å². The molecular formula is C20H31NO5S. The SMILES string of the molecule is CCS(=O)(=O)N(CCCCC(=O)OC)C1CC(C)(C)Oc2ccc(C)cc21. The van der Waals surface area contributed by atoms with Gasteiger partial charge in [-0.1, -0.05) is 17.7 Å². The van der Waals surface area contributed by atoms with Crippen molar-refractivity contribution in [2.75, 3.05) is 19.4 Å². The van der Waals surface area contributed by atoms with Crippen molar-refractivity contribution < 1.29 is 22.7 Å². The molecule has 152 valence electrons. The van der Waals surface area contributed by atoms with Crippen molar-refractivity contribution in [1.29, 1.82) is 0 Å². The Morgan fingerprint density at radius 1 is 1.33 bits per heavy atom. The molecule has 0 spiro atoms. The fourth-order valence-electron chi connectivity index (χ4n) is 3.49. The number of carbonyl (C=O) groups excluding carboxylic acids is 1. The normalized spacial score (nSPS) is 18.7. The molecule has 0 N–H and O–H groups in total. The van der Waals surface area contributed by atoms with Crippen LogP contribution in [-0.2, 0) is 19.6 Å². The van der Waals surface area contributed by atoms with Crippen LogP contribution in [-0.4, -0.2) is 43.7 Å². The summed E-state index contributed by atoms with van der Waals surface area (Å²) in [6.07, 6.45) is 2.08. The first kappa shape index (κ1) is 21.7. The topological polar surface area (TPSA) is 72.9 Å². The third kappa shape index (κ3) is 5.45. The van der Waals surface area contributed by atoms with E-state index in [1.165, 1.54) is 7.11 Å². The van der Waals surface area contributed by atoms with Crippen molar-refractivity contribution in [1.82, 2.24) is 4.31 Å². The minimum absolute atomic E-state index is 0.0446. The van der Waals surface area contributed by atoms with E-state index in [0.29, 0.717) is 32.2 Å². The third-order valence-corrected chi connectivity index (χ3v) is 6.78. The molecule has 1 aromatic rings. The fourth-order valence-corrected chi connectivity index (χ4v) is 4.80. The van der Waals surface area contributed by atoms with E-state index in [1.807, 2.05) is 39.0 Å². The highest BCUT2D eigenvalue weighted by Crippen LogP contribution is 2.44. The lowest BCUT2D eigenvalue weighted by molar-refractivity contribution is -0.140. The zero-order chi connectivity index (χ0) is 20.2. The van der Waals surface area contributed by atoms with Gasteiger partial charge in [0.1, 0.15) is 11.4 Å². The predicted molar refractivity (Wildman–Crippen MR) is 105 cm³/mol. The highest BCUT2D eigenvalue weighted by molar-refractivity contribution is 7.89. The summed E-state index contributed by atoms with van der Waals surface area (Å²) in [4.78, 5) is 11.3. The molecule has 0 aliphatic carbocycles. The Kier molecular flexibility index (Phi) is 6.92. The molecule has 7 heteroatoms. The number of unbranched alkanes of at least 4 members (excludes halogenated alkanes) is 1. The number of esters is 1. The van der Waals surface area contributed by atoms with Gasteiger partial charge in [0.05, 0.1) is 18.9 Å². The molecule has 6 nitrogen and oxygen atoms in total. The van der Waals surface area contributed by atoms with E-state index in [2.05, 4.69) is 4.74 Å². The van der Waals surface area contributed by atoms with Crippen LogP contribution in [0.1, 0.15) is 63.6 Å². The fraction of sp³-hybridized carbons (Fsp3) is 0.650. The average Bonchev–Trinajstić information content (AvgIpc) is 2.60. The summed E-state index contributed by atoms with van der Waals surface area (Å²) >= 11 is 0. The van der Waals surface area contributed by atoms with Crippen LogP contribution in [0.5, 0.6) is 5.75 Å². The van der Waals surface area contributed by atoms with Gasteiger partial charge in [0.25, 0.3) is 0 Å². The molecule has 0 fully saturated rings. The van der Waals surface area contributed by atoms with E-state index in [9.17, 15) is 13.2 Å². The summed E-state index contributed by atoms with van der Waals surface area (Å²) in [5.74, 6) is 0.518. The molecule has 27 heavy (non-hydrogen) atoms. The first-order valence-electron chi connectivity index (χ1n) is 9.45. The van der Waals surface area contributed by atoms with Crippen LogP contribution in [0, 0.1) is 6.92 Å². The first-order chi connectivity index (χ1) is 12.6. The van der Waals surface area contributed by atoms with E-state index in [1.54, 1.807) is 11.2 Å². The highest BCUT2D eigenvalue weighted by Gasteiger charge is 2.40. The predicted octanol–water partition coefficient (Wildman–Crippen LogP) is 3.59. The van der Waals surface area contributed by atoms with Crippen LogP contribution in [0.2, 0.25) is 0 Å². The summed E-state index contributed by atoms with van der Waals surface area (Å²) in [6.45, 7) is 8.00. The lowest BCUT2D eigenvalue weighted by Crippen LogP contribution is -2.44. The van der Waals surface area contributed by atoms with E-state index in [-0.39, 0.29) is 17.8 Å². The Bertz CT molecular complexity index is 773. The van der Waals surface area contributed by atoms with Gasteiger partial charge in [-0.05, 0) is 46.6 Å². The van der Waals surface area contributed by atoms with Gasteiger partial charge in [-0.2, -0.15) is 4.31 Å². The summed E-state index contributed by atoms with van der Waals surface area (Å²) in [5, 5.41) is 0. The number of ether oxygens (including phenoxy) is 2. The number of methoxy groups -OCH3 is 1. The zero-order valence-electron chi connectivity index (χ0n) is 16.9. The third-order valence-electron chi connectivity index (χ3n) is 4.90. The molecule has 0 bridgehead atoms. The molecule has 1 aliphatic rings. The molecule has 0 aromatic heterocycles. The number of nitrogens with zero attached hydrogens (tertiary/aromatic N) is 1. The molecule has 1 aromatic carbocycles. The van der Waals surface area contributed by atoms with Crippen LogP contribution >= 0.6 is 0 Å². The Labute approximate surface area is 162 Å². The maximum Gasteiger partial charge on any atom is 0.305 e. The molecule has 0 amide bonds. The molecule has 1 atom stereocenters. The number of carbonyl (C=O) groups is 1. The molecule has 0 radical (unpaired) electrons. The minimum atomic E-state index is -3.41. The summed E-state index contributed by atoms with van der Waals surface area (Å²) < 4.78 is 38.1. The van der Waals surface area contributed by atoms with Gasteiger partial charge >= 0.3 is 5.97 Å². The van der Waals surface area contributed by atoms with Crippen molar-refractivity contribution in [2.45, 2.75) is 65.0 Å². The van der Waals surface area contributed by atoms with Crippen molar-refractivity contribution in [3.05, 3.63) is 29.3 Å². The molecule has 1 unspecified atom stereocenters. The Morgan fingerprint density at radius 3 is 2.67 bits per heavy atom.